The Bertz CT molecular complexity index is 983. The van der Waals surface area contributed by atoms with E-state index in [0.29, 0.717) is 17.1 Å². The number of pyridine rings is 1. The van der Waals surface area contributed by atoms with Gasteiger partial charge in [-0.05, 0) is 54.8 Å². The lowest BCUT2D eigenvalue weighted by Gasteiger charge is -2.19. The van der Waals surface area contributed by atoms with E-state index < -0.39 is 0 Å². The predicted molar refractivity (Wildman–Crippen MR) is 107 cm³/mol. The summed E-state index contributed by atoms with van der Waals surface area (Å²) in [6.45, 7) is 2.89. The van der Waals surface area contributed by atoms with Crippen molar-refractivity contribution in [3.05, 3.63) is 77.6 Å². The maximum atomic E-state index is 12.6. The third-order valence-electron chi connectivity index (χ3n) is 4.78. The number of aromatic nitrogens is 1. The van der Waals surface area contributed by atoms with Gasteiger partial charge in [0.25, 0.3) is 5.91 Å². The molecule has 1 amide bonds. The zero-order valence-electron chi connectivity index (χ0n) is 15.4. The average molecular weight is 359 g/mol. The molecule has 0 unspecified atom stereocenters. The summed E-state index contributed by atoms with van der Waals surface area (Å²) in [5.41, 5.74) is 5.59. The summed E-state index contributed by atoms with van der Waals surface area (Å²) < 4.78 is 5.32. The molecule has 0 aliphatic carbocycles. The van der Waals surface area contributed by atoms with Crippen molar-refractivity contribution in [1.29, 1.82) is 0 Å². The molecule has 1 aliphatic heterocycles. The Kier molecular flexibility index (Phi) is 4.50. The van der Waals surface area contributed by atoms with Crippen LogP contribution in [0.15, 0.2) is 60.8 Å². The highest BCUT2D eigenvalue weighted by Gasteiger charge is 2.20. The molecule has 2 heterocycles. The molecule has 0 atom stereocenters. The van der Waals surface area contributed by atoms with Gasteiger partial charge in [-0.15, -0.1) is 0 Å². The second-order valence-corrected chi connectivity index (χ2v) is 6.59. The Balaban J connectivity index is 1.53. The number of carbonyl (C=O) groups excluding carboxylic acids is 1. The highest BCUT2D eigenvalue weighted by molar-refractivity contribution is 6.03. The van der Waals surface area contributed by atoms with E-state index in [4.69, 9.17) is 4.74 Å². The first-order chi connectivity index (χ1) is 13.2. The van der Waals surface area contributed by atoms with Crippen LogP contribution in [0.5, 0.6) is 5.75 Å². The highest BCUT2D eigenvalue weighted by atomic mass is 16.5. The number of amides is 1. The standard InChI is InChI=1S/C22H21N3O2/c1-15-7-10-21(27-2)19(13-15)24-22(26)18-9-8-17(14-23-18)25-12-11-16-5-3-4-6-20(16)25/h3-10,13-14H,11-12H2,1-2H3,(H,24,26). The molecular formula is C22H21N3O2. The third-order valence-corrected chi connectivity index (χ3v) is 4.78. The number of fused-ring (bicyclic) bond motifs is 1. The van der Waals surface area contributed by atoms with E-state index in [1.54, 1.807) is 19.4 Å². The summed E-state index contributed by atoms with van der Waals surface area (Å²) in [5.74, 6) is 0.367. The molecule has 2 aromatic carbocycles. The van der Waals surface area contributed by atoms with Crippen LogP contribution in [0.4, 0.5) is 17.1 Å². The van der Waals surface area contributed by atoms with Gasteiger partial charge in [-0.1, -0.05) is 24.3 Å². The van der Waals surface area contributed by atoms with E-state index in [-0.39, 0.29) is 5.91 Å². The summed E-state index contributed by atoms with van der Waals surface area (Å²) in [7, 11) is 1.58. The lowest BCUT2D eigenvalue weighted by molar-refractivity contribution is 0.102. The molecule has 5 nitrogen and oxygen atoms in total. The van der Waals surface area contributed by atoms with E-state index in [1.165, 1.54) is 11.3 Å². The Labute approximate surface area is 158 Å². The van der Waals surface area contributed by atoms with Crippen molar-refractivity contribution < 1.29 is 9.53 Å². The minimum atomic E-state index is -0.257. The van der Waals surface area contributed by atoms with Crippen LogP contribution in [0, 0.1) is 6.92 Å². The van der Waals surface area contributed by atoms with Gasteiger partial charge in [-0.25, -0.2) is 4.98 Å². The number of ether oxygens (including phenoxy) is 1. The molecule has 0 fully saturated rings. The van der Waals surface area contributed by atoms with Crippen molar-refractivity contribution >= 4 is 23.0 Å². The first-order valence-electron chi connectivity index (χ1n) is 8.93. The normalized spacial score (nSPS) is 12.6. The maximum Gasteiger partial charge on any atom is 0.274 e. The number of hydrogen-bond donors (Lipinski definition) is 1. The molecule has 4 rings (SSSR count). The van der Waals surface area contributed by atoms with Gasteiger partial charge in [0.2, 0.25) is 0 Å². The molecule has 1 N–H and O–H groups in total. The summed E-state index contributed by atoms with van der Waals surface area (Å²) in [4.78, 5) is 19.2. The fourth-order valence-electron chi connectivity index (χ4n) is 3.39. The van der Waals surface area contributed by atoms with Crippen molar-refractivity contribution in [3.8, 4) is 5.75 Å². The molecule has 136 valence electrons. The average Bonchev–Trinajstić information content (AvgIpc) is 3.12. The Hall–Kier alpha value is -3.34. The van der Waals surface area contributed by atoms with E-state index in [9.17, 15) is 4.79 Å². The number of para-hydroxylation sites is 1. The van der Waals surface area contributed by atoms with Crippen molar-refractivity contribution in [3.63, 3.8) is 0 Å². The number of rotatable bonds is 4. The van der Waals surface area contributed by atoms with Gasteiger partial charge in [0, 0.05) is 12.2 Å². The highest BCUT2D eigenvalue weighted by Crippen LogP contribution is 2.33. The molecule has 0 saturated heterocycles. The lowest BCUT2D eigenvalue weighted by Crippen LogP contribution is -2.16. The number of hydrogen-bond acceptors (Lipinski definition) is 4. The van der Waals surface area contributed by atoms with Gasteiger partial charge in [0.05, 0.1) is 24.7 Å². The van der Waals surface area contributed by atoms with Crippen LogP contribution in [0.1, 0.15) is 21.6 Å². The van der Waals surface area contributed by atoms with Crippen LogP contribution in [-0.2, 0) is 6.42 Å². The fraction of sp³-hybridized carbons (Fsp3) is 0.182. The summed E-state index contributed by atoms with van der Waals surface area (Å²) in [6.07, 6.45) is 2.77. The lowest BCUT2D eigenvalue weighted by atomic mass is 10.2. The van der Waals surface area contributed by atoms with Gasteiger partial charge in [0.1, 0.15) is 11.4 Å². The number of methoxy groups -OCH3 is 1. The quantitative estimate of drug-likeness (QED) is 0.753. The minimum Gasteiger partial charge on any atom is -0.495 e. The zero-order chi connectivity index (χ0) is 18.8. The molecular weight excluding hydrogens is 338 g/mol. The van der Waals surface area contributed by atoms with Crippen LogP contribution < -0.4 is 15.0 Å². The second-order valence-electron chi connectivity index (χ2n) is 6.59. The third kappa shape index (κ3) is 3.36. The Morgan fingerprint density at radius 1 is 1.15 bits per heavy atom. The maximum absolute atomic E-state index is 12.6. The van der Waals surface area contributed by atoms with Gasteiger partial charge in [-0.2, -0.15) is 0 Å². The van der Waals surface area contributed by atoms with E-state index in [0.717, 1.165) is 24.2 Å². The molecule has 3 aromatic rings. The van der Waals surface area contributed by atoms with Gasteiger partial charge < -0.3 is 15.0 Å². The zero-order valence-corrected chi connectivity index (χ0v) is 15.4. The van der Waals surface area contributed by atoms with Crippen LogP contribution >= 0.6 is 0 Å². The largest absolute Gasteiger partial charge is 0.495 e. The summed E-state index contributed by atoms with van der Waals surface area (Å²) >= 11 is 0. The van der Waals surface area contributed by atoms with Crippen LogP contribution in [-0.4, -0.2) is 24.5 Å². The molecule has 0 spiro atoms. The Morgan fingerprint density at radius 2 is 2.00 bits per heavy atom. The molecule has 5 heteroatoms. The van der Waals surface area contributed by atoms with E-state index in [1.807, 2.05) is 37.3 Å². The van der Waals surface area contributed by atoms with Crippen molar-refractivity contribution in [2.24, 2.45) is 0 Å². The van der Waals surface area contributed by atoms with Gasteiger partial charge in [0.15, 0.2) is 0 Å². The number of nitrogens with zero attached hydrogens (tertiary/aromatic N) is 2. The molecule has 27 heavy (non-hydrogen) atoms. The van der Waals surface area contributed by atoms with E-state index >= 15 is 0 Å². The van der Waals surface area contributed by atoms with Crippen LogP contribution in [0.2, 0.25) is 0 Å². The second kappa shape index (κ2) is 7.11. The monoisotopic (exact) mass is 359 g/mol. The Morgan fingerprint density at radius 3 is 2.78 bits per heavy atom. The first-order valence-corrected chi connectivity index (χ1v) is 8.93. The SMILES string of the molecule is COc1ccc(C)cc1NC(=O)c1ccc(N2CCc3ccccc32)cn1. The van der Waals surface area contributed by atoms with Crippen molar-refractivity contribution in [2.45, 2.75) is 13.3 Å². The van der Waals surface area contributed by atoms with E-state index in [2.05, 4.69) is 33.4 Å². The molecule has 0 radical (unpaired) electrons. The molecule has 0 saturated carbocycles. The predicted octanol–water partition coefficient (Wildman–Crippen LogP) is 4.35. The number of carbonyl (C=O) groups is 1. The fourth-order valence-corrected chi connectivity index (χ4v) is 3.39. The number of aryl methyl sites for hydroxylation is 1. The molecule has 1 aliphatic rings. The number of anilines is 3. The number of nitrogens with one attached hydrogen (secondary N) is 1. The van der Waals surface area contributed by atoms with Gasteiger partial charge >= 0.3 is 0 Å². The number of benzene rings is 2. The smallest absolute Gasteiger partial charge is 0.274 e. The minimum absolute atomic E-state index is 0.257. The summed E-state index contributed by atoms with van der Waals surface area (Å²) in [5, 5.41) is 2.88. The van der Waals surface area contributed by atoms with Crippen molar-refractivity contribution in [1.82, 2.24) is 4.98 Å². The molecule has 1 aromatic heterocycles. The van der Waals surface area contributed by atoms with Gasteiger partial charge in [-0.3, -0.25) is 4.79 Å². The van der Waals surface area contributed by atoms with Crippen LogP contribution in [0.3, 0.4) is 0 Å². The topological polar surface area (TPSA) is 54.5 Å². The van der Waals surface area contributed by atoms with Crippen molar-refractivity contribution in [2.75, 3.05) is 23.9 Å². The first kappa shape index (κ1) is 17.1. The molecule has 0 bridgehead atoms. The summed E-state index contributed by atoms with van der Waals surface area (Å²) in [6, 6.07) is 17.7. The van der Waals surface area contributed by atoms with Crippen LogP contribution in [0.25, 0.3) is 0 Å².